The van der Waals surface area contributed by atoms with E-state index in [1.165, 1.54) is 0 Å². The molecule has 3 heteroatoms. The van der Waals surface area contributed by atoms with E-state index in [1.54, 1.807) is 0 Å². The van der Waals surface area contributed by atoms with E-state index in [-0.39, 0.29) is 17.4 Å². The van der Waals surface area contributed by atoms with Crippen molar-refractivity contribution in [1.29, 1.82) is 0 Å². The maximum absolute atomic E-state index is 13.3. The van der Waals surface area contributed by atoms with Crippen molar-refractivity contribution in [2.45, 2.75) is 39.3 Å². The summed E-state index contributed by atoms with van der Waals surface area (Å²) in [7, 11) is 0. The quantitative estimate of drug-likeness (QED) is 0.719. The van der Waals surface area contributed by atoms with Gasteiger partial charge in [0.25, 0.3) is 0 Å². The Labute approximate surface area is 78.2 Å². The maximum atomic E-state index is 13.3. The zero-order chi connectivity index (χ0) is 9.84. The predicted octanol–water partition coefficient (Wildman–Crippen LogP) is 2.94. The van der Waals surface area contributed by atoms with E-state index >= 15 is 0 Å². The van der Waals surface area contributed by atoms with Crippen LogP contribution in [0.15, 0.2) is 11.5 Å². The molecule has 13 heavy (non-hydrogen) atoms. The average Bonchev–Trinajstić information content (AvgIpc) is 2.02. The van der Waals surface area contributed by atoms with Crippen LogP contribution in [-0.2, 0) is 0 Å². The molecule has 1 aliphatic rings. The Kier molecular flexibility index (Phi) is 3.70. The molecular formula is C10H17F2N. The molecule has 1 rings (SSSR count). The lowest BCUT2D eigenvalue weighted by molar-refractivity contribution is 0.259. The van der Waals surface area contributed by atoms with Gasteiger partial charge in [-0.2, -0.15) is 0 Å². The molecule has 1 N–H and O–H groups in total. The van der Waals surface area contributed by atoms with Crippen LogP contribution < -0.4 is 5.32 Å². The summed E-state index contributed by atoms with van der Waals surface area (Å²) in [5.41, 5.74) is 0.194. The van der Waals surface area contributed by atoms with Crippen LogP contribution in [0.1, 0.15) is 33.1 Å². The van der Waals surface area contributed by atoms with Crippen LogP contribution in [0.3, 0.4) is 0 Å². The van der Waals surface area contributed by atoms with Crippen molar-refractivity contribution in [2.75, 3.05) is 6.54 Å². The minimum atomic E-state index is -1.13. The molecule has 0 aromatic carbocycles. The van der Waals surface area contributed by atoms with Gasteiger partial charge in [-0.1, -0.05) is 13.8 Å². The minimum Gasteiger partial charge on any atom is -0.384 e. The van der Waals surface area contributed by atoms with E-state index in [4.69, 9.17) is 0 Å². The van der Waals surface area contributed by atoms with Crippen LogP contribution in [-0.4, -0.2) is 12.7 Å². The lowest BCUT2D eigenvalue weighted by Crippen LogP contribution is -2.28. The van der Waals surface area contributed by atoms with Crippen molar-refractivity contribution >= 4 is 0 Å². The van der Waals surface area contributed by atoms with Gasteiger partial charge in [0.2, 0.25) is 0 Å². The maximum Gasteiger partial charge on any atom is 0.142 e. The second kappa shape index (κ2) is 4.58. The van der Waals surface area contributed by atoms with Crippen molar-refractivity contribution in [3.05, 3.63) is 11.5 Å². The summed E-state index contributed by atoms with van der Waals surface area (Å²) >= 11 is 0. The number of allylic oxidation sites excluding steroid dienone is 2. The van der Waals surface area contributed by atoms with E-state index in [0.29, 0.717) is 19.4 Å². The first-order valence-electron chi connectivity index (χ1n) is 4.91. The Bertz CT molecular complexity index is 201. The van der Waals surface area contributed by atoms with E-state index < -0.39 is 6.17 Å². The molecule has 0 fully saturated rings. The third-order valence-electron chi connectivity index (χ3n) is 2.31. The van der Waals surface area contributed by atoms with Crippen molar-refractivity contribution in [2.24, 2.45) is 5.92 Å². The predicted molar refractivity (Wildman–Crippen MR) is 49.7 cm³/mol. The number of rotatable bonds is 3. The Morgan fingerprint density at radius 3 is 2.77 bits per heavy atom. The Morgan fingerprint density at radius 2 is 2.23 bits per heavy atom. The zero-order valence-electron chi connectivity index (χ0n) is 8.24. The van der Waals surface area contributed by atoms with Gasteiger partial charge in [-0.05, 0) is 18.8 Å². The van der Waals surface area contributed by atoms with E-state index in [1.807, 2.05) is 13.8 Å². The molecule has 1 aliphatic carbocycles. The second-order valence-corrected chi connectivity index (χ2v) is 3.76. The van der Waals surface area contributed by atoms with Gasteiger partial charge in [0.15, 0.2) is 0 Å². The highest BCUT2D eigenvalue weighted by Gasteiger charge is 2.26. The molecule has 0 spiro atoms. The molecule has 2 atom stereocenters. The third kappa shape index (κ3) is 2.68. The molecule has 0 saturated carbocycles. The third-order valence-corrected chi connectivity index (χ3v) is 2.31. The van der Waals surface area contributed by atoms with Crippen molar-refractivity contribution in [3.8, 4) is 0 Å². The normalized spacial score (nSPS) is 29.2. The van der Waals surface area contributed by atoms with Gasteiger partial charge in [-0.15, -0.1) is 0 Å². The van der Waals surface area contributed by atoms with E-state index in [2.05, 4.69) is 5.32 Å². The van der Waals surface area contributed by atoms with Crippen LogP contribution in [0, 0.1) is 5.92 Å². The monoisotopic (exact) mass is 189 g/mol. The van der Waals surface area contributed by atoms with Gasteiger partial charge in [0, 0.05) is 13.0 Å². The summed E-state index contributed by atoms with van der Waals surface area (Å²) in [6, 6.07) is 0. The number of halogens is 2. The highest BCUT2D eigenvalue weighted by atomic mass is 19.1. The van der Waals surface area contributed by atoms with Crippen molar-refractivity contribution in [1.82, 2.24) is 5.32 Å². The lowest BCUT2D eigenvalue weighted by atomic mass is 9.92. The van der Waals surface area contributed by atoms with Gasteiger partial charge in [0.1, 0.15) is 12.0 Å². The van der Waals surface area contributed by atoms with Crippen molar-refractivity contribution in [3.63, 3.8) is 0 Å². The van der Waals surface area contributed by atoms with Gasteiger partial charge < -0.3 is 5.32 Å². The Balaban J connectivity index is 2.61. The first kappa shape index (κ1) is 10.5. The molecule has 0 radical (unpaired) electrons. The molecule has 0 aliphatic heterocycles. The number of hydrogen-bond acceptors (Lipinski definition) is 1. The van der Waals surface area contributed by atoms with Crippen LogP contribution in [0.2, 0.25) is 0 Å². The second-order valence-electron chi connectivity index (χ2n) is 3.76. The summed E-state index contributed by atoms with van der Waals surface area (Å²) in [6.45, 7) is 4.50. The van der Waals surface area contributed by atoms with E-state index in [0.717, 1.165) is 6.42 Å². The zero-order valence-corrected chi connectivity index (χ0v) is 8.24. The Hall–Kier alpha value is -0.600. The van der Waals surface area contributed by atoms with Gasteiger partial charge >= 0.3 is 0 Å². The SMILES string of the molecule is CCCNC1=C(F)C[C@H](C)C[C@H]1F. The summed E-state index contributed by atoms with van der Waals surface area (Å²) in [6.07, 6.45) is 0.584. The fourth-order valence-corrected chi connectivity index (χ4v) is 1.61. The van der Waals surface area contributed by atoms with Gasteiger partial charge in [-0.3, -0.25) is 0 Å². The number of alkyl halides is 1. The number of hydrogen-bond donors (Lipinski definition) is 1. The summed E-state index contributed by atoms with van der Waals surface area (Å²) in [4.78, 5) is 0. The molecule has 0 aromatic rings. The van der Waals surface area contributed by atoms with Crippen LogP contribution >= 0.6 is 0 Å². The largest absolute Gasteiger partial charge is 0.384 e. The molecule has 0 heterocycles. The van der Waals surface area contributed by atoms with Crippen molar-refractivity contribution < 1.29 is 8.78 Å². The minimum absolute atomic E-state index is 0.127. The van der Waals surface area contributed by atoms with E-state index in [9.17, 15) is 8.78 Å². The summed E-state index contributed by atoms with van der Waals surface area (Å²) < 4.78 is 26.6. The molecule has 0 saturated heterocycles. The van der Waals surface area contributed by atoms with Crippen LogP contribution in [0.25, 0.3) is 0 Å². The molecule has 0 unspecified atom stereocenters. The number of nitrogens with one attached hydrogen (secondary N) is 1. The topological polar surface area (TPSA) is 12.0 Å². The lowest BCUT2D eigenvalue weighted by Gasteiger charge is -2.24. The average molecular weight is 189 g/mol. The summed E-state index contributed by atoms with van der Waals surface area (Å²) in [5.74, 6) is -0.165. The highest BCUT2D eigenvalue weighted by Crippen LogP contribution is 2.30. The summed E-state index contributed by atoms with van der Waals surface area (Å²) in [5, 5.41) is 2.82. The Morgan fingerprint density at radius 1 is 1.54 bits per heavy atom. The molecule has 1 nitrogen and oxygen atoms in total. The van der Waals surface area contributed by atoms with Gasteiger partial charge in [0.05, 0.1) is 5.70 Å². The molecule has 76 valence electrons. The van der Waals surface area contributed by atoms with Gasteiger partial charge in [-0.25, -0.2) is 8.78 Å². The first-order valence-corrected chi connectivity index (χ1v) is 4.91. The van der Waals surface area contributed by atoms with Crippen LogP contribution in [0.5, 0.6) is 0 Å². The standard InChI is InChI=1S/C10H17F2N/c1-3-4-13-10-8(11)5-7(2)6-9(10)12/h7-8,13H,3-6H2,1-2H3/t7-,8-/m1/s1. The smallest absolute Gasteiger partial charge is 0.142 e. The fraction of sp³-hybridized carbons (Fsp3) is 0.800. The molecule has 0 amide bonds. The highest BCUT2D eigenvalue weighted by molar-refractivity contribution is 5.15. The molecule has 0 bridgehead atoms. The molecule has 0 aromatic heterocycles. The first-order chi connectivity index (χ1) is 6.15. The molecular weight excluding hydrogens is 172 g/mol. The van der Waals surface area contributed by atoms with Crippen LogP contribution in [0.4, 0.5) is 8.78 Å². The fourth-order valence-electron chi connectivity index (χ4n) is 1.61.